The van der Waals surface area contributed by atoms with E-state index in [1.807, 2.05) is 37.3 Å². The van der Waals surface area contributed by atoms with Crippen LogP contribution in [0.1, 0.15) is 31.4 Å². The fraction of sp³-hybridized carbons (Fsp3) is 0.263. The number of amides is 3. The molecule has 0 aliphatic carbocycles. The van der Waals surface area contributed by atoms with Crippen molar-refractivity contribution in [1.82, 2.24) is 10.6 Å². The minimum atomic E-state index is -0.330. The fourth-order valence-corrected chi connectivity index (χ4v) is 2.50. The maximum absolute atomic E-state index is 12.1. The molecular weight excluding hydrogens is 338 g/mol. The lowest BCUT2D eigenvalue weighted by molar-refractivity contribution is -0.121. The Morgan fingerprint density at radius 1 is 1.04 bits per heavy atom. The molecule has 5 nitrogen and oxygen atoms in total. The van der Waals surface area contributed by atoms with Crippen molar-refractivity contribution in [3.63, 3.8) is 0 Å². The highest BCUT2D eigenvalue weighted by molar-refractivity contribution is 6.30. The topological polar surface area (TPSA) is 70.2 Å². The average Bonchev–Trinajstić information content (AvgIpc) is 2.61. The molecule has 2 rings (SSSR count). The van der Waals surface area contributed by atoms with Gasteiger partial charge in [0.2, 0.25) is 5.91 Å². The van der Waals surface area contributed by atoms with Gasteiger partial charge in [0.25, 0.3) is 0 Å². The van der Waals surface area contributed by atoms with Crippen LogP contribution in [0.3, 0.4) is 0 Å². The van der Waals surface area contributed by atoms with Crippen molar-refractivity contribution in [3.05, 3.63) is 65.2 Å². The van der Waals surface area contributed by atoms with Crippen molar-refractivity contribution < 1.29 is 9.59 Å². The van der Waals surface area contributed by atoms with Crippen LogP contribution in [0.2, 0.25) is 5.02 Å². The summed E-state index contributed by atoms with van der Waals surface area (Å²) in [5, 5.41) is 9.01. The summed E-state index contributed by atoms with van der Waals surface area (Å²) >= 11 is 5.89. The maximum atomic E-state index is 12.1. The molecule has 0 fully saturated rings. The van der Waals surface area contributed by atoms with Gasteiger partial charge in [-0.1, -0.05) is 48.9 Å². The number of halogens is 1. The van der Waals surface area contributed by atoms with Crippen LogP contribution < -0.4 is 16.0 Å². The molecule has 0 saturated heterocycles. The zero-order valence-electron chi connectivity index (χ0n) is 14.1. The fourth-order valence-electron chi connectivity index (χ4n) is 2.37. The van der Waals surface area contributed by atoms with Crippen LogP contribution in [0.5, 0.6) is 0 Å². The van der Waals surface area contributed by atoms with Gasteiger partial charge in [-0.05, 0) is 36.2 Å². The molecule has 6 heteroatoms. The molecule has 0 saturated carbocycles. The maximum Gasteiger partial charge on any atom is 0.319 e. The number of hydrogen-bond donors (Lipinski definition) is 3. The first-order valence-electron chi connectivity index (χ1n) is 8.23. The summed E-state index contributed by atoms with van der Waals surface area (Å²) in [6.45, 7) is 2.27. The molecule has 25 heavy (non-hydrogen) atoms. The van der Waals surface area contributed by atoms with Gasteiger partial charge in [0.15, 0.2) is 0 Å². The summed E-state index contributed by atoms with van der Waals surface area (Å²) < 4.78 is 0. The van der Waals surface area contributed by atoms with E-state index in [9.17, 15) is 9.59 Å². The molecule has 3 N–H and O–H groups in total. The Morgan fingerprint density at radius 3 is 2.36 bits per heavy atom. The number of nitrogens with one attached hydrogen (secondary N) is 3. The smallest absolute Gasteiger partial charge is 0.319 e. The Morgan fingerprint density at radius 2 is 1.72 bits per heavy atom. The number of urea groups is 1. The predicted octanol–water partition coefficient (Wildman–Crippen LogP) is 4.12. The monoisotopic (exact) mass is 359 g/mol. The van der Waals surface area contributed by atoms with Gasteiger partial charge < -0.3 is 16.0 Å². The number of carbonyl (C=O) groups is 2. The third-order valence-corrected chi connectivity index (χ3v) is 3.94. The van der Waals surface area contributed by atoms with Gasteiger partial charge in [0.05, 0.1) is 6.04 Å². The molecule has 0 bridgehead atoms. The molecular formula is C19H22ClN3O2. The molecule has 0 aliphatic rings. The number of rotatable bonds is 7. The lowest BCUT2D eigenvalue weighted by Crippen LogP contribution is -2.34. The quantitative estimate of drug-likeness (QED) is 0.696. The van der Waals surface area contributed by atoms with E-state index in [4.69, 9.17) is 11.6 Å². The van der Waals surface area contributed by atoms with Crippen LogP contribution in [0.15, 0.2) is 54.6 Å². The first-order valence-corrected chi connectivity index (χ1v) is 8.61. The van der Waals surface area contributed by atoms with Crippen molar-refractivity contribution in [3.8, 4) is 0 Å². The summed E-state index contributed by atoms with van der Waals surface area (Å²) in [6, 6.07) is 16.2. The number of carbonyl (C=O) groups excluding carboxylic acids is 2. The summed E-state index contributed by atoms with van der Waals surface area (Å²) in [5.41, 5.74) is 1.72. The van der Waals surface area contributed by atoms with E-state index < -0.39 is 0 Å². The largest absolute Gasteiger partial charge is 0.349 e. The minimum Gasteiger partial charge on any atom is -0.349 e. The third-order valence-electron chi connectivity index (χ3n) is 3.69. The molecule has 2 aromatic carbocycles. The van der Waals surface area contributed by atoms with Gasteiger partial charge >= 0.3 is 6.03 Å². The lowest BCUT2D eigenvalue weighted by Gasteiger charge is -2.17. The van der Waals surface area contributed by atoms with Crippen LogP contribution in [-0.2, 0) is 4.79 Å². The zero-order valence-corrected chi connectivity index (χ0v) is 14.8. The molecule has 0 radical (unpaired) electrons. The Bertz CT molecular complexity index is 690. The molecule has 0 aromatic heterocycles. The third kappa shape index (κ3) is 6.47. The standard InChI is InChI=1S/C19H22ClN3O2/c1-2-17(14-8-10-15(20)11-9-14)23-18(24)12-13-21-19(25)22-16-6-4-3-5-7-16/h3-11,17H,2,12-13H2,1H3,(H,23,24)(H2,21,22,25). The van der Waals surface area contributed by atoms with Gasteiger partial charge in [-0.25, -0.2) is 4.79 Å². The van der Waals surface area contributed by atoms with E-state index >= 15 is 0 Å². The number of anilines is 1. The number of para-hydroxylation sites is 1. The van der Waals surface area contributed by atoms with Crippen LogP contribution in [0.4, 0.5) is 10.5 Å². The normalized spacial score (nSPS) is 11.4. The highest BCUT2D eigenvalue weighted by Crippen LogP contribution is 2.19. The highest BCUT2D eigenvalue weighted by atomic mass is 35.5. The first-order chi connectivity index (χ1) is 12.1. The van der Waals surface area contributed by atoms with Gasteiger partial charge in [0, 0.05) is 23.7 Å². The van der Waals surface area contributed by atoms with Gasteiger partial charge in [0.1, 0.15) is 0 Å². The Labute approximate surface area is 152 Å². The molecule has 0 heterocycles. The highest BCUT2D eigenvalue weighted by Gasteiger charge is 2.12. The predicted molar refractivity (Wildman–Crippen MR) is 101 cm³/mol. The van der Waals surface area contributed by atoms with Crippen molar-refractivity contribution >= 4 is 29.2 Å². The molecule has 132 valence electrons. The Hall–Kier alpha value is -2.53. The van der Waals surface area contributed by atoms with E-state index in [-0.39, 0.29) is 30.9 Å². The van der Waals surface area contributed by atoms with Crippen LogP contribution in [0.25, 0.3) is 0 Å². The zero-order chi connectivity index (χ0) is 18.1. The van der Waals surface area contributed by atoms with Crippen molar-refractivity contribution in [1.29, 1.82) is 0 Å². The molecule has 1 unspecified atom stereocenters. The first kappa shape index (κ1) is 18.8. The lowest BCUT2D eigenvalue weighted by atomic mass is 10.0. The van der Waals surface area contributed by atoms with Crippen LogP contribution in [-0.4, -0.2) is 18.5 Å². The molecule has 0 spiro atoms. The van der Waals surface area contributed by atoms with E-state index in [0.717, 1.165) is 12.0 Å². The molecule has 3 amide bonds. The van der Waals surface area contributed by atoms with Crippen LogP contribution >= 0.6 is 11.6 Å². The van der Waals surface area contributed by atoms with E-state index in [0.29, 0.717) is 10.7 Å². The number of benzene rings is 2. The van der Waals surface area contributed by atoms with Crippen molar-refractivity contribution in [2.75, 3.05) is 11.9 Å². The summed E-state index contributed by atoms with van der Waals surface area (Å²) in [7, 11) is 0. The van der Waals surface area contributed by atoms with Crippen molar-refractivity contribution in [2.45, 2.75) is 25.8 Å². The Balaban J connectivity index is 1.74. The average molecular weight is 360 g/mol. The molecule has 0 aliphatic heterocycles. The van der Waals surface area contributed by atoms with E-state index in [1.54, 1.807) is 24.3 Å². The second-order valence-electron chi connectivity index (χ2n) is 5.58. The van der Waals surface area contributed by atoms with E-state index in [1.165, 1.54) is 0 Å². The molecule has 1 atom stereocenters. The van der Waals surface area contributed by atoms with Crippen LogP contribution in [0, 0.1) is 0 Å². The number of hydrogen-bond acceptors (Lipinski definition) is 2. The van der Waals surface area contributed by atoms with Gasteiger partial charge in [-0.15, -0.1) is 0 Å². The summed E-state index contributed by atoms with van der Waals surface area (Å²) in [5.74, 6) is -0.109. The van der Waals surface area contributed by atoms with Gasteiger partial charge in [-0.3, -0.25) is 4.79 Å². The minimum absolute atomic E-state index is 0.0667. The second-order valence-corrected chi connectivity index (χ2v) is 6.01. The Kier molecular flexibility index (Phi) is 7.29. The van der Waals surface area contributed by atoms with Crippen molar-refractivity contribution in [2.24, 2.45) is 0 Å². The molecule has 2 aromatic rings. The van der Waals surface area contributed by atoms with Gasteiger partial charge in [-0.2, -0.15) is 0 Å². The van der Waals surface area contributed by atoms with E-state index in [2.05, 4.69) is 16.0 Å². The second kappa shape index (κ2) is 9.69. The SMILES string of the molecule is CCC(NC(=O)CCNC(=O)Nc1ccccc1)c1ccc(Cl)cc1. The summed E-state index contributed by atoms with van der Waals surface area (Å²) in [4.78, 5) is 23.8. The summed E-state index contributed by atoms with van der Waals surface area (Å²) in [6.07, 6.45) is 0.988.